The molecule has 39 heavy (non-hydrogen) atoms. The van der Waals surface area contributed by atoms with Crippen molar-refractivity contribution in [2.24, 2.45) is 0 Å². The van der Waals surface area contributed by atoms with Crippen LogP contribution >= 0.6 is 0 Å². The summed E-state index contributed by atoms with van der Waals surface area (Å²) in [5.74, 6) is 0. The summed E-state index contributed by atoms with van der Waals surface area (Å²) in [4.78, 5) is 9.38. The van der Waals surface area contributed by atoms with Crippen LogP contribution in [-0.4, -0.2) is 9.97 Å². The normalized spacial score (nSPS) is 10.7. The van der Waals surface area contributed by atoms with Gasteiger partial charge >= 0.3 is 0 Å². The molecule has 0 aliphatic rings. The van der Waals surface area contributed by atoms with Crippen LogP contribution in [0, 0.1) is 19.1 Å². The number of aryl methyl sites for hydroxylation is 1. The molecule has 0 atom stereocenters. The molecule has 0 fully saturated rings. The third-order valence-electron chi connectivity index (χ3n) is 6.38. The van der Waals surface area contributed by atoms with Gasteiger partial charge in [-0.05, 0) is 39.7 Å². The first-order chi connectivity index (χ1) is 17.9. The summed E-state index contributed by atoms with van der Waals surface area (Å²) in [6.45, 7) is 8.73. The molecule has 0 saturated carbocycles. The van der Waals surface area contributed by atoms with Gasteiger partial charge in [0, 0.05) is 40.2 Å². The third kappa shape index (κ3) is 7.56. The zero-order valence-corrected chi connectivity index (χ0v) is 27.2. The molecule has 4 heteroatoms. The minimum absolute atomic E-state index is 0. The molecular weight excluding hydrogens is 833 g/mol. The number of hydrogen-bond acceptors (Lipinski definition) is 2. The molecule has 2 aromatic heterocycles. The minimum Gasteiger partial charge on any atom is -0.296 e. The quantitative estimate of drug-likeness (QED) is 0.163. The van der Waals surface area contributed by atoms with Crippen molar-refractivity contribution in [1.29, 1.82) is 0 Å². The topological polar surface area (TPSA) is 25.8 Å². The van der Waals surface area contributed by atoms with E-state index in [0.29, 0.717) is 0 Å². The van der Waals surface area contributed by atoms with Crippen molar-refractivity contribution in [2.45, 2.75) is 33.1 Å². The maximum atomic E-state index is 4.74. The molecule has 0 spiro atoms. The summed E-state index contributed by atoms with van der Waals surface area (Å²) in [7, 11) is 0. The molecular formula is C35H30Ir2N2-2. The third-order valence-corrected chi connectivity index (χ3v) is 6.38. The van der Waals surface area contributed by atoms with Crippen LogP contribution in [0.2, 0.25) is 0 Å². The van der Waals surface area contributed by atoms with Crippen LogP contribution in [-0.2, 0) is 45.6 Å². The zero-order chi connectivity index (χ0) is 25.8. The van der Waals surface area contributed by atoms with E-state index < -0.39 is 0 Å². The Kier molecular flexibility index (Phi) is 10.5. The summed E-state index contributed by atoms with van der Waals surface area (Å²) in [5, 5.41) is 2.34. The number of hydrogen-bond donors (Lipinski definition) is 0. The molecule has 6 aromatic rings. The number of fused-ring (bicyclic) bond motifs is 2. The first-order valence-corrected chi connectivity index (χ1v) is 12.6. The van der Waals surface area contributed by atoms with Crippen LogP contribution in [0.4, 0.5) is 0 Å². The van der Waals surface area contributed by atoms with Gasteiger partial charge in [0.1, 0.15) is 0 Å². The Balaban J connectivity index is 0.000000207. The van der Waals surface area contributed by atoms with Gasteiger partial charge in [-0.25, -0.2) is 0 Å². The van der Waals surface area contributed by atoms with Crippen molar-refractivity contribution < 1.29 is 40.2 Å². The summed E-state index contributed by atoms with van der Waals surface area (Å²) in [5.41, 5.74) is 8.78. The van der Waals surface area contributed by atoms with Crippen LogP contribution in [0.15, 0.2) is 109 Å². The van der Waals surface area contributed by atoms with Crippen molar-refractivity contribution >= 4 is 21.8 Å². The van der Waals surface area contributed by atoms with Gasteiger partial charge in [-0.3, -0.25) is 9.97 Å². The number of aromatic nitrogens is 2. The summed E-state index contributed by atoms with van der Waals surface area (Å²) in [6.07, 6.45) is 0. The molecule has 200 valence electrons. The average molecular weight is 863 g/mol. The van der Waals surface area contributed by atoms with Crippen molar-refractivity contribution in [2.75, 3.05) is 0 Å². The predicted molar refractivity (Wildman–Crippen MR) is 155 cm³/mol. The van der Waals surface area contributed by atoms with Crippen LogP contribution < -0.4 is 0 Å². The Labute approximate surface area is 258 Å². The Morgan fingerprint density at radius 2 is 1.15 bits per heavy atom. The van der Waals surface area contributed by atoms with Gasteiger partial charge in [0.05, 0.1) is 11.0 Å². The van der Waals surface area contributed by atoms with Gasteiger partial charge in [-0.1, -0.05) is 88.4 Å². The minimum atomic E-state index is 0. The molecule has 0 aliphatic heterocycles. The maximum absolute atomic E-state index is 4.74. The molecule has 0 unspecified atom stereocenters. The average Bonchev–Trinajstić information content (AvgIpc) is 2.93. The Hall–Kier alpha value is -3.00. The molecule has 0 aliphatic carbocycles. The zero-order valence-electron chi connectivity index (χ0n) is 22.5. The van der Waals surface area contributed by atoms with Gasteiger partial charge in [-0.2, -0.15) is 0 Å². The summed E-state index contributed by atoms with van der Waals surface area (Å²) >= 11 is 0. The molecule has 0 amide bonds. The van der Waals surface area contributed by atoms with Crippen molar-refractivity contribution in [3.8, 4) is 22.5 Å². The molecule has 6 rings (SSSR count). The van der Waals surface area contributed by atoms with Crippen LogP contribution in [0.1, 0.15) is 31.9 Å². The van der Waals surface area contributed by atoms with E-state index in [9.17, 15) is 0 Å². The SMILES string of the molecule is CC(C)(C)c1cc[c-]c(-c2ccc3ccccc3n2)c1.Cc1c[c-]c(-c2ccc3ccccc3n2)cc1.[Ir].[Ir]. The molecule has 2 nitrogen and oxygen atoms in total. The van der Waals surface area contributed by atoms with E-state index >= 15 is 0 Å². The largest absolute Gasteiger partial charge is 0.296 e. The Morgan fingerprint density at radius 3 is 1.69 bits per heavy atom. The van der Waals surface area contributed by atoms with Gasteiger partial charge in [-0.15, -0.1) is 70.8 Å². The fraction of sp³-hybridized carbons (Fsp3) is 0.143. The first kappa shape index (κ1) is 30.5. The Morgan fingerprint density at radius 1 is 0.590 bits per heavy atom. The number of nitrogens with zero attached hydrogens (tertiary/aromatic N) is 2. The number of pyridine rings is 2. The van der Waals surface area contributed by atoms with Crippen molar-refractivity contribution in [3.05, 3.63) is 132 Å². The van der Waals surface area contributed by atoms with Gasteiger partial charge in [0.15, 0.2) is 0 Å². The van der Waals surface area contributed by atoms with Gasteiger partial charge < -0.3 is 0 Å². The molecule has 2 heterocycles. The van der Waals surface area contributed by atoms with Gasteiger partial charge in [0.25, 0.3) is 0 Å². The fourth-order valence-corrected chi connectivity index (χ4v) is 4.17. The molecule has 0 bridgehead atoms. The smallest absolute Gasteiger partial charge is 0.0595 e. The number of rotatable bonds is 2. The molecule has 2 radical (unpaired) electrons. The van der Waals surface area contributed by atoms with E-state index in [1.165, 1.54) is 21.9 Å². The van der Waals surface area contributed by atoms with Gasteiger partial charge in [0.2, 0.25) is 0 Å². The van der Waals surface area contributed by atoms with E-state index in [1.54, 1.807) is 0 Å². The van der Waals surface area contributed by atoms with E-state index in [2.05, 4.69) is 99.4 Å². The van der Waals surface area contributed by atoms with E-state index in [-0.39, 0.29) is 45.6 Å². The standard InChI is InChI=1S/C19H18N.C16H12N.2Ir/c1-19(2,3)16-9-6-8-15(13-16)18-12-11-14-7-4-5-10-17(14)20-18;1-12-6-8-14(9-7-12)16-11-10-13-4-2-3-5-15(13)17-16;;/h4-7,9-13H,1-3H3;2-8,10-11H,1H3;;/q2*-1;;. The summed E-state index contributed by atoms with van der Waals surface area (Å²) < 4.78 is 0. The molecule has 4 aromatic carbocycles. The van der Waals surface area contributed by atoms with E-state index in [1.807, 2.05) is 54.6 Å². The van der Waals surface area contributed by atoms with Crippen LogP contribution in [0.5, 0.6) is 0 Å². The first-order valence-electron chi connectivity index (χ1n) is 12.6. The molecule has 0 saturated heterocycles. The number of para-hydroxylation sites is 2. The van der Waals surface area contributed by atoms with E-state index in [0.717, 1.165) is 33.5 Å². The monoisotopic (exact) mass is 864 g/mol. The number of benzene rings is 4. The Bertz CT molecular complexity index is 1670. The second kappa shape index (κ2) is 13.4. The van der Waals surface area contributed by atoms with E-state index in [4.69, 9.17) is 4.98 Å². The molecule has 0 N–H and O–H groups in total. The fourth-order valence-electron chi connectivity index (χ4n) is 4.17. The van der Waals surface area contributed by atoms with Crippen molar-refractivity contribution in [1.82, 2.24) is 9.97 Å². The van der Waals surface area contributed by atoms with Crippen LogP contribution in [0.25, 0.3) is 44.3 Å². The second-order valence-electron chi connectivity index (χ2n) is 10.3. The van der Waals surface area contributed by atoms with Crippen LogP contribution in [0.3, 0.4) is 0 Å². The predicted octanol–water partition coefficient (Wildman–Crippen LogP) is 9.00. The maximum Gasteiger partial charge on any atom is 0.0595 e. The van der Waals surface area contributed by atoms with Crippen molar-refractivity contribution in [3.63, 3.8) is 0 Å². The summed E-state index contributed by atoms with van der Waals surface area (Å²) in [6, 6.07) is 43.7. The second-order valence-corrected chi connectivity index (χ2v) is 10.3.